The molecule has 2 aliphatic heterocycles. The summed E-state index contributed by atoms with van der Waals surface area (Å²) in [6, 6.07) is 7.33. The summed E-state index contributed by atoms with van der Waals surface area (Å²) in [5.74, 6) is -0.440. The number of hydrogen-bond donors (Lipinski definition) is 1. The van der Waals surface area contributed by atoms with Crippen molar-refractivity contribution < 1.29 is 14.3 Å². The summed E-state index contributed by atoms with van der Waals surface area (Å²) in [5.41, 5.74) is 1.99. The number of thioether (sulfide) groups is 1. The molecule has 1 unspecified atom stereocenters. The predicted octanol–water partition coefficient (Wildman–Crippen LogP) is 3.10. The van der Waals surface area contributed by atoms with Gasteiger partial charge in [-0.15, -0.1) is 11.8 Å². The van der Waals surface area contributed by atoms with Crippen LogP contribution in [0.15, 0.2) is 58.0 Å². The number of nitrogens with one attached hydrogen (secondary N) is 1. The monoisotopic (exact) mass is 457 g/mol. The Kier molecular flexibility index (Phi) is 7.40. The van der Waals surface area contributed by atoms with Crippen LogP contribution in [0.25, 0.3) is 6.08 Å². The zero-order valence-electron chi connectivity index (χ0n) is 17.1. The summed E-state index contributed by atoms with van der Waals surface area (Å²) in [6.07, 6.45) is 8.12. The molecule has 1 fully saturated rings. The molecule has 1 N–H and O–H groups in total. The third-order valence-electron chi connectivity index (χ3n) is 5.19. The van der Waals surface area contributed by atoms with Gasteiger partial charge in [0.25, 0.3) is 11.8 Å². The van der Waals surface area contributed by atoms with E-state index in [2.05, 4.69) is 15.2 Å². The van der Waals surface area contributed by atoms with Crippen LogP contribution in [-0.2, 0) is 14.3 Å². The van der Waals surface area contributed by atoms with Crippen LogP contribution in [0.3, 0.4) is 0 Å². The number of aliphatic imine (C=N–C) groups is 1. The van der Waals surface area contributed by atoms with Crippen molar-refractivity contribution in [2.24, 2.45) is 4.99 Å². The summed E-state index contributed by atoms with van der Waals surface area (Å²) in [7, 11) is 0. The molecule has 2 amide bonds. The topological polar surface area (TPSA) is 71.0 Å². The molecule has 1 saturated heterocycles. The number of allylic oxidation sites excluding steroid dienone is 1. The minimum atomic E-state index is -0.298. The Balaban J connectivity index is 1.34. The number of ether oxygens (including phenoxy) is 1. The van der Waals surface area contributed by atoms with Crippen molar-refractivity contribution in [1.82, 2.24) is 10.2 Å². The molecule has 1 aliphatic carbocycles. The maximum Gasteiger partial charge on any atom is 0.283 e. The highest BCUT2D eigenvalue weighted by atomic mass is 35.5. The van der Waals surface area contributed by atoms with Gasteiger partial charge in [-0.1, -0.05) is 35.9 Å². The first-order valence-electron chi connectivity index (χ1n) is 10.3. The molecule has 1 atom stereocenters. The van der Waals surface area contributed by atoms with Crippen molar-refractivity contribution in [1.29, 1.82) is 0 Å². The number of carbonyl (C=O) groups excluding carboxylic acids is 2. The average molecular weight is 458 g/mol. The fourth-order valence-electron chi connectivity index (χ4n) is 3.55. The van der Waals surface area contributed by atoms with Crippen LogP contribution in [0.2, 0.25) is 5.02 Å². The number of amides is 2. The van der Waals surface area contributed by atoms with Crippen LogP contribution < -0.4 is 5.32 Å². The van der Waals surface area contributed by atoms with Crippen molar-refractivity contribution in [3.8, 4) is 0 Å². The smallest absolute Gasteiger partial charge is 0.283 e. The molecule has 162 valence electrons. The molecule has 31 heavy (non-hydrogen) atoms. The minimum Gasteiger partial charge on any atom is -0.379 e. The standard InChI is InChI=1S/C23H24ClN3O3S/c24-18-4-1-3-16(13-18)14-21-23(29)26-19-15-17(5-6-20(19)31-21)22(28)25-7-2-8-27-9-11-30-12-10-27/h1,3-6,13-15,20H,2,7-12H2,(H,25,28)/b21-14+. The summed E-state index contributed by atoms with van der Waals surface area (Å²) >= 11 is 7.46. The van der Waals surface area contributed by atoms with Gasteiger partial charge in [0.1, 0.15) is 0 Å². The molecular formula is C23H24ClN3O3S. The van der Waals surface area contributed by atoms with Crippen LogP contribution in [-0.4, -0.2) is 67.1 Å². The zero-order chi connectivity index (χ0) is 21.6. The number of morpholine rings is 1. The number of nitrogens with zero attached hydrogens (tertiary/aromatic N) is 2. The molecule has 0 saturated carbocycles. The third kappa shape index (κ3) is 5.95. The molecule has 3 aliphatic rings. The molecule has 0 aromatic heterocycles. The van der Waals surface area contributed by atoms with E-state index in [-0.39, 0.29) is 17.1 Å². The van der Waals surface area contributed by atoms with Gasteiger partial charge in [-0.25, -0.2) is 4.99 Å². The normalized spacial score (nSPS) is 22.7. The Hall–Kier alpha value is -2.19. The first kappa shape index (κ1) is 22.0. The third-order valence-corrected chi connectivity index (χ3v) is 6.62. The Morgan fingerprint density at radius 2 is 2.19 bits per heavy atom. The van der Waals surface area contributed by atoms with Gasteiger partial charge in [0.15, 0.2) is 0 Å². The maximum absolute atomic E-state index is 12.5. The van der Waals surface area contributed by atoms with Crippen LogP contribution >= 0.6 is 23.4 Å². The van der Waals surface area contributed by atoms with E-state index in [0.29, 0.717) is 27.8 Å². The average Bonchev–Trinajstić information content (AvgIpc) is 2.77. The molecule has 2 heterocycles. The highest BCUT2D eigenvalue weighted by Crippen LogP contribution is 2.34. The molecule has 8 heteroatoms. The van der Waals surface area contributed by atoms with Gasteiger partial charge < -0.3 is 10.1 Å². The van der Waals surface area contributed by atoms with E-state index < -0.39 is 0 Å². The van der Waals surface area contributed by atoms with Gasteiger partial charge in [0.05, 0.1) is 29.1 Å². The lowest BCUT2D eigenvalue weighted by atomic mass is 10.0. The fourth-order valence-corrected chi connectivity index (χ4v) is 4.77. The first-order chi connectivity index (χ1) is 15.1. The minimum absolute atomic E-state index is 0.0824. The predicted molar refractivity (Wildman–Crippen MR) is 125 cm³/mol. The van der Waals surface area contributed by atoms with Gasteiger partial charge >= 0.3 is 0 Å². The molecule has 0 spiro atoms. The second-order valence-electron chi connectivity index (χ2n) is 7.47. The molecule has 0 radical (unpaired) electrons. The molecular weight excluding hydrogens is 434 g/mol. The Morgan fingerprint density at radius 3 is 3.00 bits per heavy atom. The highest BCUT2D eigenvalue weighted by molar-refractivity contribution is 8.05. The molecule has 1 aromatic rings. The molecule has 0 bridgehead atoms. The van der Waals surface area contributed by atoms with Crippen LogP contribution in [0.5, 0.6) is 0 Å². The van der Waals surface area contributed by atoms with E-state index in [1.807, 2.05) is 18.2 Å². The van der Waals surface area contributed by atoms with E-state index >= 15 is 0 Å². The maximum atomic E-state index is 12.5. The largest absolute Gasteiger partial charge is 0.379 e. The fraction of sp³-hybridized carbons (Fsp3) is 0.348. The molecule has 1 aromatic carbocycles. The van der Waals surface area contributed by atoms with E-state index in [4.69, 9.17) is 16.3 Å². The lowest BCUT2D eigenvalue weighted by molar-refractivity contribution is -0.117. The van der Waals surface area contributed by atoms with Gasteiger partial charge in [-0.2, -0.15) is 0 Å². The van der Waals surface area contributed by atoms with Crippen molar-refractivity contribution in [2.45, 2.75) is 11.7 Å². The van der Waals surface area contributed by atoms with Crippen LogP contribution in [0, 0.1) is 0 Å². The Bertz CT molecular complexity index is 980. The summed E-state index contributed by atoms with van der Waals surface area (Å²) < 4.78 is 5.34. The van der Waals surface area contributed by atoms with Gasteiger partial charge in [0.2, 0.25) is 0 Å². The van der Waals surface area contributed by atoms with Crippen LogP contribution in [0.4, 0.5) is 0 Å². The number of carbonyl (C=O) groups is 2. The second kappa shape index (κ2) is 10.4. The quantitative estimate of drug-likeness (QED) is 0.525. The summed E-state index contributed by atoms with van der Waals surface area (Å²) in [4.78, 5) is 32.1. The number of rotatable bonds is 6. The van der Waals surface area contributed by atoms with E-state index in [1.54, 1.807) is 30.4 Å². The lowest BCUT2D eigenvalue weighted by Gasteiger charge is -2.26. The number of halogens is 1. The van der Waals surface area contributed by atoms with Crippen LogP contribution in [0.1, 0.15) is 12.0 Å². The SMILES string of the molecule is O=C(NCCCN1CCOCC1)C1=CC2=NC(=O)/C(=C\c3cccc(Cl)c3)SC2C=C1. The summed E-state index contributed by atoms with van der Waals surface area (Å²) in [5, 5.41) is 3.49. The van der Waals surface area contributed by atoms with E-state index in [9.17, 15) is 9.59 Å². The zero-order valence-corrected chi connectivity index (χ0v) is 18.6. The second-order valence-corrected chi connectivity index (χ2v) is 9.09. The van der Waals surface area contributed by atoms with Crippen molar-refractivity contribution >= 4 is 47.0 Å². The van der Waals surface area contributed by atoms with Crippen molar-refractivity contribution in [3.63, 3.8) is 0 Å². The number of benzene rings is 1. The lowest BCUT2D eigenvalue weighted by Crippen LogP contribution is -2.38. The Labute approximate surface area is 191 Å². The van der Waals surface area contributed by atoms with E-state index in [1.165, 1.54) is 11.8 Å². The van der Waals surface area contributed by atoms with Crippen molar-refractivity contribution in [2.75, 3.05) is 39.4 Å². The first-order valence-corrected chi connectivity index (χ1v) is 11.6. The summed E-state index contributed by atoms with van der Waals surface area (Å²) in [6.45, 7) is 5.00. The molecule has 6 nitrogen and oxygen atoms in total. The van der Waals surface area contributed by atoms with E-state index in [0.717, 1.165) is 44.8 Å². The van der Waals surface area contributed by atoms with Gasteiger partial charge in [-0.3, -0.25) is 14.5 Å². The number of fused-ring (bicyclic) bond motifs is 1. The van der Waals surface area contributed by atoms with Gasteiger partial charge in [0, 0.05) is 30.2 Å². The number of hydrogen-bond acceptors (Lipinski definition) is 5. The molecule has 4 rings (SSSR count). The highest BCUT2D eigenvalue weighted by Gasteiger charge is 2.28. The van der Waals surface area contributed by atoms with Gasteiger partial charge in [-0.05, 0) is 42.8 Å². The Morgan fingerprint density at radius 1 is 1.35 bits per heavy atom. The van der Waals surface area contributed by atoms with Crippen molar-refractivity contribution in [3.05, 3.63) is 63.6 Å².